The van der Waals surface area contributed by atoms with E-state index < -0.39 is 47.9 Å². The predicted octanol–water partition coefficient (Wildman–Crippen LogP) is 2.57. The molecule has 0 aliphatic carbocycles. The van der Waals surface area contributed by atoms with Crippen molar-refractivity contribution in [3.63, 3.8) is 0 Å². The molecule has 0 saturated carbocycles. The molecule has 0 saturated heterocycles. The Bertz CT molecular complexity index is 914. The van der Waals surface area contributed by atoms with Gasteiger partial charge in [0.15, 0.2) is 5.56 Å². The maximum Gasteiger partial charge on any atom is 0.517 e. The van der Waals surface area contributed by atoms with Crippen LogP contribution >= 0.6 is 0 Å². The number of nitro groups is 4. The maximum absolute atomic E-state index is 11.8. The second-order valence-electron chi connectivity index (χ2n) is 5.19. The van der Waals surface area contributed by atoms with Crippen LogP contribution in [-0.4, -0.2) is 19.7 Å². The zero-order valence-electron chi connectivity index (χ0n) is 13.1. The van der Waals surface area contributed by atoms with Gasteiger partial charge in [-0.3, -0.25) is 40.5 Å². The van der Waals surface area contributed by atoms with Gasteiger partial charge in [-0.1, -0.05) is 24.3 Å². The number of aryl methyl sites for hydroxylation is 1. The van der Waals surface area contributed by atoms with Gasteiger partial charge in [-0.2, -0.15) is 0 Å². The minimum atomic E-state index is -3.28. The molecular weight excluding hydrogens is 352 g/mol. The number of nitro benzene ring substituents is 2. The summed E-state index contributed by atoms with van der Waals surface area (Å²) in [5.41, 5.74) is -7.26. The Morgan fingerprint density at radius 1 is 0.769 bits per heavy atom. The van der Waals surface area contributed by atoms with Crippen molar-refractivity contribution < 1.29 is 19.7 Å². The Morgan fingerprint density at radius 3 is 1.73 bits per heavy atom. The van der Waals surface area contributed by atoms with Gasteiger partial charge in [0.05, 0.1) is 9.85 Å². The van der Waals surface area contributed by atoms with E-state index in [-0.39, 0.29) is 5.56 Å². The minimum absolute atomic E-state index is 0.195. The number of rotatable bonds is 6. The first-order valence-electron chi connectivity index (χ1n) is 6.93. The average Bonchev–Trinajstić information content (AvgIpc) is 2.56. The number of hydrogen-bond donors (Lipinski definition) is 0. The fraction of sp³-hybridized carbons (Fsp3) is 0.143. The van der Waals surface area contributed by atoms with Crippen LogP contribution in [0.15, 0.2) is 42.5 Å². The second-order valence-corrected chi connectivity index (χ2v) is 5.19. The molecule has 134 valence electrons. The molecule has 26 heavy (non-hydrogen) atoms. The Balaban J connectivity index is 3.12. The average molecular weight is 362 g/mol. The molecule has 0 fully saturated rings. The van der Waals surface area contributed by atoms with Crippen LogP contribution in [0, 0.1) is 47.4 Å². The highest BCUT2D eigenvalue weighted by Gasteiger charge is 2.65. The van der Waals surface area contributed by atoms with Gasteiger partial charge in [-0.05, 0) is 24.6 Å². The first-order chi connectivity index (χ1) is 12.2. The van der Waals surface area contributed by atoms with Crippen LogP contribution in [0.25, 0.3) is 0 Å². The van der Waals surface area contributed by atoms with Crippen LogP contribution in [0.3, 0.4) is 0 Å². The molecule has 0 aromatic heterocycles. The number of hydrogen-bond acceptors (Lipinski definition) is 8. The third-order valence-corrected chi connectivity index (χ3v) is 3.80. The quantitative estimate of drug-likeness (QED) is 0.428. The molecule has 0 N–H and O–H groups in total. The van der Waals surface area contributed by atoms with Gasteiger partial charge in [0.2, 0.25) is 0 Å². The molecule has 2 rings (SSSR count). The lowest BCUT2D eigenvalue weighted by atomic mass is 9.87. The van der Waals surface area contributed by atoms with Crippen molar-refractivity contribution in [2.75, 3.05) is 0 Å². The predicted molar refractivity (Wildman–Crippen MR) is 85.7 cm³/mol. The van der Waals surface area contributed by atoms with Crippen molar-refractivity contribution in [3.8, 4) is 0 Å². The third-order valence-electron chi connectivity index (χ3n) is 3.80. The van der Waals surface area contributed by atoms with E-state index in [4.69, 9.17) is 0 Å². The molecule has 2 aromatic carbocycles. The molecule has 0 heterocycles. The highest BCUT2D eigenvalue weighted by atomic mass is 16.7. The molecule has 0 radical (unpaired) electrons. The zero-order chi connectivity index (χ0) is 19.6. The standard InChI is InChI=1S/C14H10N4O8/c1-9-7-8-11(15(19)20)13(16(21)22)12(9)14(17(23)24,18(25)26)10-5-3-2-4-6-10/h2-8H,1H3. The van der Waals surface area contributed by atoms with Crippen LogP contribution < -0.4 is 0 Å². The Labute approximate surface area is 144 Å². The van der Waals surface area contributed by atoms with Crippen molar-refractivity contribution in [2.24, 2.45) is 0 Å². The van der Waals surface area contributed by atoms with Crippen molar-refractivity contribution >= 4 is 11.4 Å². The van der Waals surface area contributed by atoms with E-state index in [1.165, 1.54) is 25.1 Å². The normalized spacial score (nSPS) is 11.0. The molecule has 0 amide bonds. The molecule has 0 atom stereocenters. The second kappa shape index (κ2) is 6.51. The molecule has 2 aromatic rings. The van der Waals surface area contributed by atoms with E-state index in [1.54, 1.807) is 0 Å². The number of benzene rings is 2. The molecule has 0 bridgehead atoms. The molecule has 12 heteroatoms. The monoisotopic (exact) mass is 362 g/mol. The van der Waals surface area contributed by atoms with Crippen molar-refractivity contribution in [1.82, 2.24) is 0 Å². The lowest BCUT2D eigenvalue weighted by Crippen LogP contribution is -2.45. The molecule has 0 unspecified atom stereocenters. The summed E-state index contributed by atoms with van der Waals surface area (Å²) < 4.78 is 0. The molecular formula is C14H10N4O8. The van der Waals surface area contributed by atoms with E-state index in [2.05, 4.69) is 0 Å². The first-order valence-corrected chi connectivity index (χ1v) is 6.93. The van der Waals surface area contributed by atoms with Gasteiger partial charge in [-0.15, -0.1) is 0 Å². The van der Waals surface area contributed by atoms with Gasteiger partial charge in [0.25, 0.3) is 0 Å². The Kier molecular flexibility index (Phi) is 4.60. The lowest BCUT2D eigenvalue weighted by molar-refractivity contribution is -0.796. The molecule has 0 spiro atoms. The van der Waals surface area contributed by atoms with Crippen LogP contribution in [0.4, 0.5) is 11.4 Å². The summed E-state index contributed by atoms with van der Waals surface area (Å²) in [6.45, 7) is 1.18. The highest BCUT2D eigenvalue weighted by molar-refractivity contribution is 5.63. The van der Waals surface area contributed by atoms with Gasteiger partial charge >= 0.3 is 17.0 Å². The Hall–Kier alpha value is -3.96. The van der Waals surface area contributed by atoms with E-state index in [9.17, 15) is 40.5 Å². The van der Waals surface area contributed by atoms with Crippen LogP contribution in [-0.2, 0) is 5.66 Å². The van der Waals surface area contributed by atoms with Crippen molar-refractivity contribution in [1.29, 1.82) is 0 Å². The SMILES string of the molecule is Cc1ccc([N+](=O)[O-])c([N+](=O)[O-])c1C(c1ccccc1)([N+](=O)[O-])[N+](=O)[O-]. The van der Waals surface area contributed by atoms with Crippen molar-refractivity contribution in [2.45, 2.75) is 12.6 Å². The fourth-order valence-corrected chi connectivity index (χ4v) is 2.73. The van der Waals surface area contributed by atoms with E-state index in [1.807, 2.05) is 0 Å². The van der Waals surface area contributed by atoms with Gasteiger partial charge < -0.3 is 0 Å². The summed E-state index contributed by atoms with van der Waals surface area (Å²) >= 11 is 0. The maximum atomic E-state index is 11.8. The van der Waals surface area contributed by atoms with Gasteiger partial charge in [-0.25, -0.2) is 0 Å². The molecule has 12 nitrogen and oxygen atoms in total. The van der Waals surface area contributed by atoms with Gasteiger partial charge in [0, 0.05) is 6.07 Å². The van der Waals surface area contributed by atoms with E-state index in [0.717, 1.165) is 24.3 Å². The summed E-state index contributed by atoms with van der Waals surface area (Å²) in [4.78, 5) is 41.4. The molecule has 0 aliphatic heterocycles. The van der Waals surface area contributed by atoms with Crippen molar-refractivity contribution in [3.05, 3.63) is 99.6 Å². The summed E-state index contributed by atoms with van der Waals surface area (Å²) in [6, 6.07) is 7.94. The van der Waals surface area contributed by atoms with E-state index >= 15 is 0 Å². The van der Waals surface area contributed by atoms with Gasteiger partial charge in [0.1, 0.15) is 15.4 Å². The summed E-state index contributed by atoms with van der Waals surface area (Å²) in [7, 11) is 0. The van der Waals surface area contributed by atoms with Crippen LogP contribution in [0.1, 0.15) is 16.7 Å². The lowest BCUT2D eigenvalue weighted by Gasteiger charge is -2.19. The minimum Gasteiger partial charge on any atom is -0.258 e. The van der Waals surface area contributed by atoms with Crippen LogP contribution in [0.5, 0.6) is 0 Å². The Morgan fingerprint density at radius 2 is 1.31 bits per heavy atom. The summed E-state index contributed by atoms with van der Waals surface area (Å²) in [5, 5.41) is 46.3. The summed E-state index contributed by atoms with van der Waals surface area (Å²) in [6.07, 6.45) is 0. The van der Waals surface area contributed by atoms with E-state index in [0.29, 0.717) is 0 Å². The zero-order valence-corrected chi connectivity index (χ0v) is 13.1. The highest BCUT2D eigenvalue weighted by Crippen LogP contribution is 2.44. The molecule has 0 aliphatic rings. The largest absolute Gasteiger partial charge is 0.517 e. The third kappa shape index (κ3) is 2.58. The fourth-order valence-electron chi connectivity index (χ4n) is 2.73. The smallest absolute Gasteiger partial charge is 0.258 e. The number of nitrogens with zero attached hydrogens (tertiary/aromatic N) is 4. The topological polar surface area (TPSA) is 173 Å². The summed E-state index contributed by atoms with van der Waals surface area (Å²) in [5.74, 6) is 0. The first kappa shape index (κ1) is 18.4. The van der Waals surface area contributed by atoms with Crippen LogP contribution in [0.2, 0.25) is 0 Å².